The number of likely N-dealkylation sites (N-methyl/N-ethyl adjacent to an activating group) is 1. The van der Waals surface area contributed by atoms with Crippen LogP contribution in [0.3, 0.4) is 0 Å². The third kappa shape index (κ3) is 5.73. The molecule has 1 heterocycles. The Labute approximate surface area is 156 Å². The number of benzene rings is 1. The highest BCUT2D eigenvalue weighted by Crippen LogP contribution is 2.19. The molecule has 2 amide bonds. The van der Waals surface area contributed by atoms with E-state index in [1.807, 2.05) is 36.1 Å². The molecule has 144 valence electrons. The molecular weight excluding hydrogens is 330 g/mol. The number of hydrogen-bond donors (Lipinski definition) is 2. The number of amides is 2. The van der Waals surface area contributed by atoms with Crippen molar-refractivity contribution in [2.45, 2.75) is 45.6 Å². The predicted octanol–water partition coefficient (Wildman–Crippen LogP) is 1.33. The van der Waals surface area contributed by atoms with E-state index in [0.29, 0.717) is 19.1 Å². The van der Waals surface area contributed by atoms with Crippen molar-refractivity contribution >= 4 is 17.5 Å². The normalized spacial score (nSPS) is 18.3. The summed E-state index contributed by atoms with van der Waals surface area (Å²) in [7, 11) is 1.61. The number of anilines is 1. The van der Waals surface area contributed by atoms with E-state index < -0.39 is 0 Å². The predicted molar refractivity (Wildman–Crippen MR) is 103 cm³/mol. The minimum Gasteiger partial charge on any atom is -0.497 e. The van der Waals surface area contributed by atoms with Crippen LogP contribution in [0, 0.1) is 0 Å². The second-order valence-corrected chi connectivity index (χ2v) is 6.88. The van der Waals surface area contributed by atoms with Gasteiger partial charge in [-0.25, -0.2) is 0 Å². The molecular formula is C20H32N3O3+. The average Bonchev–Trinajstić information content (AvgIpc) is 2.67. The van der Waals surface area contributed by atoms with Gasteiger partial charge in [0.25, 0.3) is 11.8 Å². The molecule has 1 unspecified atom stereocenters. The molecule has 1 aliphatic heterocycles. The third-order valence-electron chi connectivity index (χ3n) is 5.10. The first-order valence-corrected chi connectivity index (χ1v) is 9.64. The fraction of sp³-hybridized carbons (Fsp3) is 0.600. The van der Waals surface area contributed by atoms with Crippen LogP contribution in [0.15, 0.2) is 24.3 Å². The summed E-state index contributed by atoms with van der Waals surface area (Å²) < 4.78 is 5.12. The molecule has 1 saturated heterocycles. The molecule has 26 heavy (non-hydrogen) atoms. The number of carbonyl (C=O) groups excluding carboxylic acids is 2. The van der Waals surface area contributed by atoms with E-state index in [-0.39, 0.29) is 11.8 Å². The zero-order valence-corrected chi connectivity index (χ0v) is 16.2. The van der Waals surface area contributed by atoms with Crippen molar-refractivity contribution in [3.05, 3.63) is 24.3 Å². The second-order valence-electron chi connectivity index (χ2n) is 6.88. The molecule has 2 atom stereocenters. The summed E-state index contributed by atoms with van der Waals surface area (Å²) in [5.41, 5.74) is 0.736. The number of nitrogens with one attached hydrogen (secondary N) is 2. The zero-order valence-electron chi connectivity index (χ0n) is 16.2. The molecule has 1 aromatic carbocycles. The smallest absolute Gasteiger partial charge is 0.279 e. The molecule has 1 aromatic rings. The van der Waals surface area contributed by atoms with Gasteiger partial charge in [-0.05, 0) is 56.9 Å². The number of ether oxygens (including phenoxy) is 1. The first-order valence-electron chi connectivity index (χ1n) is 9.64. The molecule has 6 heteroatoms. The summed E-state index contributed by atoms with van der Waals surface area (Å²) in [6.07, 6.45) is 4.39. The molecule has 1 fully saturated rings. The molecule has 2 rings (SSSR count). The van der Waals surface area contributed by atoms with Crippen molar-refractivity contribution in [1.29, 1.82) is 0 Å². The first kappa shape index (κ1) is 20.2. The molecule has 0 spiro atoms. The molecule has 0 aromatic heterocycles. The number of carbonyl (C=O) groups is 2. The topological polar surface area (TPSA) is 63.1 Å². The van der Waals surface area contributed by atoms with Gasteiger partial charge >= 0.3 is 0 Å². The van der Waals surface area contributed by atoms with Gasteiger partial charge in [0.2, 0.25) is 0 Å². The highest BCUT2D eigenvalue weighted by Gasteiger charge is 2.28. The van der Waals surface area contributed by atoms with Crippen LogP contribution in [-0.2, 0) is 9.59 Å². The van der Waals surface area contributed by atoms with E-state index in [1.165, 1.54) is 6.42 Å². The number of hydrogen-bond acceptors (Lipinski definition) is 3. The Bertz CT molecular complexity index is 588. The number of rotatable bonds is 8. The molecule has 0 bridgehead atoms. The van der Waals surface area contributed by atoms with Crippen LogP contribution in [0.5, 0.6) is 5.75 Å². The van der Waals surface area contributed by atoms with Crippen molar-refractivity contribution in [3.8, 4) is 5.75 Å². The Kier molecular flexibility index (Phi) is 7.91. The van der Waals surface area contributed by atoms with E-state index in [1.54, 1.807) is 7.11 Å². The SMILES string of the molecule is CC[C@H]1CCCCN1C(=O)C[NH+](CC)CC(=O)Nc1ccc(OC)cc1. The van der Waals surface area contributed by atoms with Crippen molar-refractivity contribution in [2.75, 3.05) is 38.6 Å². The largest absolute Gasteiger partial charge is 0.497 e. The van der Waals surface area contributed by atoms with E-state index >= 15 is 0 Å². The third-order valence-corrected chi connectivity index (χ3v) is 5.10. The Morgan fingerprint density at radius 3 is 2.54 bits per heavy atom. The number of likely N-dealkylation sites (tertiary alicyclic amines) is 1. The van der Waals surface area contributed by atoms with Gasteiger partial charge in [-0.2, -0.15) is 0 Å². The van der Waals surface area contributed by atoms with E-state index in [2.05, 4.69) is 12.2 Å². The van der Waals surface area contributed by atoms with Crippen LogP contribution >= 0.6 is 0 Å². The van der Waals surface area contributed by atoms with Crippen LogP contribution in [0.1, 0.15) is 39.5 Å². The van der Waals surface area contributed by atoms with Crippen LogP contribution in [0.2, 0.25) is 0 Å². The number of quaternary nitrogens is 1. The number of nitrogens with zero attached hydrogens (tertiary/aromatic N) is 1. The number of piperidine rings is 1. The van der Waals surface area contributed by atoms with Gasteiger partial charge in [0, 0.05) is 18.3 Å². The standard InChI is InChI=1S/C20H31N3O3/c1-4-17-8-6-7-13-23(17)20(25)15-22(5-2)14-19(24)21-16-9-11-18(26-3)12-10-16/h9-12,17H,4-8,13-15H2,1-3H3,(H,21,24)/p+1/t17-/m0/s1. The first-order chi connectivity index (χ1) is 12.6. The maximum Gasteiger partial charge on any atom is 0.279 e. The van der Waals surface area contributed by atoms with Crippen molar-refractivity contribution < 1.29 is 19.2 Å². The molecule has 0 aliphatic carbocycles. The van der Waals surface area contributed by atoms with Gasteiger partial charge in [0.05, 0.1) is 13.7 Å². The van der Waals surface area contributed by atoms with Crippen molar-refractivity contribution in [2.24, 2.45) is 0 Å². The summed E-state index contributed by atoms with van der Waals surface area (Å²) in [4.78, 5) is 28.0. The number of methoxy groups -OCH3 is 1. The lowest BCUT2D eigenvalue weighted by atomic mass is 10.00. The summed E-state index contributed by atoms with van der Waals surface area (Å²) in [5.74, 6) is 0.845. The lowest BCUT2D eigenvalue weighted by Gasteiger charge is -2.35. The minimum atomic E-state index is -0.0782. The monoisotopic (exact) mass is 362 g/mol. The van der Waals surface area contributed by atoms with Gasteiger partial charge < -0.3 is 19.9 Å². The average molecular weight is 362 g/mol. The molecule has 1 aliphatic rings. The van der Waals surface area contributed by atoms with Gasteiger partial charge in [0.1, 0.15) is 5.75 Å². The Hall–Kier alpha value is -2.08. The molecule has 6 nitrogen and oxygen atoms in total. The highest BCUT2D eigenvalue weighted by molar-refractivity contribution is 5.91. The zero-order chi connectivity index (χ0) is 18.9. The van der Waals surface area contributed by atoms with Gasteiger partial charge in [-0.15, -0.1) is 0 Å². The van der Waals surface area contributed by atoms with Crippen LogP contribution in [0.25, 0.3) is 0 Å². The Balaban J connectivity index is 1.86. The fourth-order valence-electron chi connectivity index (χ4n) is 3.49. The Morgan fingerprint density at radius 1 is 1.19 bits per heavy atom. The highest BCUT2D eigenvalue weighted by atomic mass is 16.5. The maximum absolute atomic E-state index is 12.7. The maximum atomic E-state index is 12.7. The quantitative estimate of drug-likeness (QED) is 0.733. The second kappa shape index (κ2) is 10.2. The summed E-state index contributed by atoms with van der Waals surface area (Å²) in [6.45, 7) is 6.42. The summed E-state index contributed by atoms with van der Waals surface area (Å²) >= 11 is 0. The van der Waals surface area contributed by atoms with Crippen LogP contribution < -0.4 is 15.0 Å². The van der Waals surface area contributed by atoms with E-state index in [9.17, 15) is 9.59 Å². The van der Waals surface area contributed by atoms with Crippen molar-refractivity contribution in [1.82, 2.24) is 4.90 Å². The Morgan fingerprint density at radius 2 is 1.92 bits per heavy atom. The van der Waals surface area contributed by atoms with E-state index in [4.69, 9.17) is 4.74 Å². The van der Waals surface area contributed by atoms with Gasteiger partial charge in [-0.3, -0.25) is 9.59 Å². The lowest BCUT2D eigenvalue weighted by molar-refractivity contribution is -0.882. The molecule has 0 saturated carbocycles. The summed E-state index contributed by atoms with van der Waals surface area (Å²) in [5, 5.41) is 2.89. The van der Waals surface area contributed by atoms with Crippen LogP contribution in [-0.4, -0.2) is 56.0 Å². The molecule has 2 N–H and O–H groups in total. The minimum absolute atomic E-state index is 0.0782. The lowest BCUT2D eigenvalue weighted by Crippen LogP contribution is -3.14. The van der Waals surface area contributed by atoms with Gasteiger partial charge in [0.15, 0.2) is 13.1 Å². The van der Waals surface area contributed by atoms with E-state index in [0.717, 1.165) is 48.7 Å². The van der Waals surface area contributed by atoms with Crippen LogP contribution in [0.4, 0.5) is 5.69 Å². The van der Waals surface area contributed by atoms with Gasteiger partial charge in [-0.1, -0.05) is 6.92 Å². The summed E-state index contributed by atoms with van der Waals surface area (Å²) in [6, 6.07) is 7.61. The fourth-order valence-corrected chi connectivity index (χ4v) is 3.49. The van der Waals surface area contributed by atoms with Crippen molar-refractivity contribution in [3.63, 3.8) is 0 Å². The molecule has 0 radical (unpaired) electrons.